The van der Waals surface area contributed by atoms with Crippen molar-refractivity contribution in [2.45, 2.75) is 127 Å². The minimum absolute atomic E-state index is 0.000456. The normalized spacial score (nSPS) is 27.8. The molecule has 1 aromatic rings. The van der Waals surface area contributed by atoms with E-state index in [2.05, 4.69) is 53.7 Å². The zero-order valence-corrected chi connectivity index (χ0v) is 30.3. The van der Waals surface area contributed by atoms with Crippen LogP contribution in [-0.2, 0) is 14.3 Å². The van der Waals surface area contributed by atoms with Gasteiger partial charge in [-0.1, -0.05) is 74.8 Å². The summed E-state index contributed by atoms with van der Waals surface area (Å²) in [5.41, 5.74) is 0.341. The summed E-state index contributed by atoms with van der Waals surface area (Å²) < 4.78 is 6.89. The van der Waals surface area contributed by atoms with E-state index in [-0.39, 0.29) is 52.6 Å². The van der Waals surface area contributed by atoms with Crippen molar-refractivity contribution in [2.24, 2.45) is 28.1 Å². The second-order valence-electron chi connectivity index (χ2n) is 16.4. The lowest BCUT2D eigenvalue weighted by Crippen LogP contribution is -2.69. The van der Waals surface area contributed by atoms with Gasteiger partial charge in [0, 0.05) is 11.5 Å². The molecule has 5 nitrogen and oxygen atoms in total. The van der Waals surface area contributed by atoms with Crippen molar-refractivity contribution in [3.05, 3.63) is 75.6 Å². The van der Waals surface area contributed by atoms with Gasteiger partial charge in [0.25, 0.3) is 0 Å². The molecule has 0 radical (unpaired) electrons. The molecule has 1 spiro atoms. The highest BCUT2D eigenvalue weighted by Crippen LogP contribution is 2.69. The van der Waals surface area contributed by atoms with Crippen LogP contribution in [0.25, 0.3) is 0 Å². The van der Waals surface area contributed by atoms with Crippen molar-refractivity contribution >= 4 is 17.3 Å². The number of fused-ring (bicyclic) bond motifs is 1. The van der Waals surface area contributed by atoms with Crippen molar-refractivity contribution in [1.29, 1.82) is 0 Å². The van der Waals surface area contributed by atoms with Gasteiger partial charge in [-0.3, -0.25) is 14.4 Å². The SMILES string of the molecule is CC(C)=CC[C@H]1C[C@@]23C[C@@H](CC=C(C)C)C(C)(C)[C@@](CC=C(C)C)(C(=O)C(C(=O)c4ccc(C(C)C)c(O)c4)=C2OC1(C)C)C3=O. The van der Waals surface area contributed by atoms with Gasteiger partial charge in [-0.2, -0.15) is 0 Å². The van der Waals surface area contributed by atoms with Gasteiger partial charge >= 0.3 is 0 Å². The molecule has 2 fully saturated rings. The summed E-state index contributed by atoms with van der Waals surface area (Å²) in [5.74, 6) is -0.677. The molecule has 0 aromatic heterocycles. The number of ketones is 3. The molecule has 4 rings (SSSR count). The number of benzene rings is 1. The van der Waals surface area contributed by atoms with E-state index in [9.17, 15) is 9.90 Å². The molecular formula is C41H56O5. The van der Waals surface area contributed by atoms with Crippen molar-refractivity contribution in [3.8, 4) is 5.75 Å². The van der Waals surface area contributed by atoms with Crippen LogP contribution in [0.5, 0.6) is 5.75 Å². The summed E-state index contributed by atoms with van der Waals surface area (Å²) in [7, 11) is 0. The van der Waals surface area contributed by atoms with E-state index < -0.39 is 33.4 Å². The topological polar surface area (TPSA) is 80.7 Å². The number of Topliss-reactive ketones (excluding diaryl/α,β-unsaturated/α-hetero) is 3. The molecule has 1 saturated carbocycles. The number of phenols is 1. The largest absolute Gasteiger partial charge is 0.508 e. The number of hydrogen-bond acceptors (Lipinski definition) is 5. The summed E-state index contributed by atoms with van der Waals surface area (Å²) in [6.07, 6.45) is 9.15. The van der Waals surface area contributed by atoms with Gasteiger partial charge in [-0.15, -0.1) is 0 Å². The molecular weight excluding hydrogens is 572 g/mol. The molecule has 1 heterocycles. The Balaban J connectivity index is 2.09. The van der Waals surface area contributed by atoms with E-state index in [0.29, 0.717) is 12.8 Å². The highest BCUT2D eigenvalue weighted by molar-refractivity contribution is 6.35. The second-order valence-corrected chi connectivity index (χ2v) is 16.4. The van der Waals surface area contributed by atoms with Gasteiger partial charge in [0.15, 0.2) is 17.3 Å². The zero-order valence-electron chi connectivity index (χ0n) is 30.3. The lowest BCUT2D eigenvalue weighted by atomic mass is 9.39. The van der Waals surface area contributed by atoms with Crippen LogP contribution < -0.4 is 0 Å². The summed E-state index contributed by atoms with van der Waals surface area (Å²) >= 11 is 0. The summed E-state index contributed by atoms with van der Waals surface area (Å²) in [6.45, 7) is 24.4. The van der Waals surface area contributed by atoms with E-state index >= 15 is 9.59 Å². The van der Waals surface area contributed by atoms with E-state index in [4.69, 9.17) is 4.74 Å². The van der Waals surface area contributed by atoms with Crippen molar-refractivity contribution < 1.29 is 24.2 Å². The fraction of sp³-hybridized carbons (Fsp3) is 0.585. The lowest BCUT2D eigenvalue weighted by molar-refractivity contribution is -0.188. The van der Waals surface area contributed by atoms with Crippen molar-refractivity contribution in [1.82, 2.24) is 0 Å². The molecule has 0 amide bonds. The number of phenolic OH excluding ortho intramolecular Hbond substituents is 1. The molecule has 1 N–H and O–H groups in total. The Labute approximate surface area is 277 Å². The lowest BCUT2D eigenvalue weighted by Gasteiger charge is -2.64. The van der Waals surface area contributed by atoms with Crippen LogP contribution in [0.3, 0.4) is 0 Å². The molecule has 5 heteroatoms. The predicted octanol–water partition coefficient (Wildman–Crippen LogP) is 10.0. The van der Waals surface area contributed by atoms with Crippen LogP contribution in [0.4, 0.5) is 0 Å². The van der Waals surface area contributed by atoms with Crippen molar-refractivity contribution in [3.63, 3.8) is 0 Å². The maximum absolute atomic E-state index is 15.4. The first kappa shape index (κ1) is 35.6. The molecule has 250 valence electrons. The molecule has 2 bridgehead atoms. The number of allylic oxidation sites excluding steroid dienone is 8. The third-order valence-electron chi connectivity index (χ3n) is 11.3. The van der Waals surface area contributed by atoms with Gasteiger partial charge in [0.05, 0.1) is 5.41 Å². The number of carbonyl (C=O) groups is 3. The smallest absolute Gasteiger partial charge is 0.200 e. The Kier molecular flexibility index (Phi) is 9.63. The average molecular weight is 629 g/mol. The highest BCUT2D eigenvalue weighted by atomic mass is 16.5. The van der Waals surface area contributed by atoms with E-state index in [1.165, 1.54) is 17.2 Å². The maximum atomic E-state index is 15.4. The second kappa shape index (κ2) is 12.4. The van der Waals surface area contributed by atoms with Crippen LogP contribution in [0.2, 0.25) is 0 Å². The Morgan fingerprint density at radius 3 is 1.96 bits per heavy atom. The highest BCUT2D eigenvalue weighted by Gasteiger charge is 2.74. The van der Waals surface area contributed by atoms with Crippen LogP contribution in [0, 0.1) is 28.1 Å². The van der Waals surface area contributed by atoms with Crippen LogP contribution in [0.1, 0.15) is 137 Å². The van der Waals surface area contributed by atoms with E-state index in [0.717, 1.165) is 24.0 Å². The van der Waals surface area contributed by atoms with Gasteiger partial charge < -0.3 is 9.84 Å². The average Bonchev–Trinajstić information content (AvgIpc) is 2.93. The first-order chi connectivity index (χ1) is 21.2. The molecule has 46 heavy (non-hydrogen) atoms. The molecule has 1 saturated heterocycles. The third kappa shape index (κ3) is 5.77. The number of aromatic hydroxyl groups is 1. The first-order valence-corrected chi connectivity index (χ1v) is 17.0. The molecule has 0 unspecified atom stereocenters. The Morgan fingerprint density at radius 2 is 1.43 bits per heavy atom. The minimum Gasteiger partial charge on any atom is -0.508 e. The minimum atomic E-state index is -1.44. The predicted molar refractivity (Wildman–Crippen MR) is 186 cm³/mol. The molecule has 1 aliphatic heterocycles. The van der Waals surface area contributed by atoms with Crippen LogP contribution in [0.15, 0.2) is 64.5 Å². The monoisotopic (exact) mass is 628 g/mol. The fourth-order valence-electron chi connectivity index (χ4n) is 8.23. The van der Waals surface area contributed by atoms with E-state index in [1.54, 1.807) is 12.1 Å². The fourth-order valence-corrected chi connectivity index (χ4v) is 8.23. The summed E-state index contributed by atoms with van der Waals surface area (Å²) in [4.78, 5) is 45.5. The standard InChI is InChI=1S/C41H56O5/c1-24(2)13-16-29-22-40-23-30(17-14-25(3)4)39(11,12)46-36(40)33(34(43)28-15-18-31(27(7)8)32(42)21-28)35(44)41(37(40)45,38(29,9)10)20-19-26(5)6/h13-15,18-19,21,27,29-30,42H,16-17,20,22-23H2,1-12H3/t29-,30+,40+,41+/m1/s1. The number of ether oxygens (including phenoxy) is 1. The summed E-state index contributed by atoms with van der Waals surface area (Å²) in [6, 6.07) is 4.91. The Bertz CT molecular complexity index is 1540. The molecule has 4 atom stereocenters. The Hall–Kier alpha value is -3.21. The third-order valence-corrected chi connectivity index (χ3v) is 11.3. The number of carbonyl (C=O) groups excluding carboxylic acids is 3. The quantitative estimate of drug-likeness (QED) is 0.127. The van der Waals surface area contributed by atoms with Gasteiger partial charge in [-0.05, 0) is 116 Å². The first-order valence-electron chi connectivity index (χ1n) is 17.0. The molecule has 3 aliphatic rings. The zero-order chi connectivity index (χ0) is 34.6. The van der Waals surface area contributed by atoms with Gasteiger partial charge in [0.2, 0.25) is 0 Å². The molecule has 1 aromatic carbocycles. The number of hydrogen-bond donors (Lipinski definition) is 1. The maximum Gasteiger partial charge on any atom is 0.200 e. The summed E-state index contributed by atoms with van der Waals surface area (Å²) in [5, 5.41) is 10.9. The number of rotatable bonds is 9. The van der Waals surface area contributed by atoms with Crippen LogP contribution in [-0.4, -0.2) is 28.1 Å². The van der Waals surface area contributed by atoms with Crippen molar-refractivity contribution in [2.75, 3.05) is 0 Å². The van der Waals surface area contributed by atoms with Gasteiger partial charge in [-0.25, -0.2) is 0 Å². The van der Waals surface area contributed by atoms with Gasteiger partial charge in [0.1, 0.15) is 28.1 Å². The molecule has 2 aliphatic carbocycles. The Morgan fingerprint density at radius 1 is 0.891 bits per heavy atom. The van der Waals surface area contributed by atoms with Crippen LogP contribution >= 0.6 is 0 Å². The van der Waals surface area contributed by atoms with E-state index in [1.807, 2.05) is 47.6 Å².